The largest absolute Gasteiger partial charge is 0.480 e. The summed E-state index contributed by atoms with van der Waals surface area (Å²) in [6.07, 6.45) is 3.69. The third kappa shape index (κ3) is 12.2. The number of carboxylic acids is 1. The van der Waals surface area contributed by atoms with Crippen LogP contribution in [0.15, 0.2) is 30.3 Å². The molecule has 2 rings (SSSR count). The molecule has 0 bridgehead atoms. The van der Waals surface area contributed by atoms with E-state index in [4.69, 9.17) is 5.11 Å². The van der Waals surface area contributed by atoms with Gasteiger partial charge in [0.1, 0.15) is 30.2 Å². The summed E-state index contributed by atoms with van der Waals surface area (Å²) in [5.41, 5.74) is 0.657. The van der Waals surface area contributed by atoms with Gasteiger partial charge in [-0.2, -0.15) is 11.8 Å². The first-order valence-corrected chi connectivity index (χ1v) is 16.5. The Kier molecular flexibility index (Phi) is 16.5. The molecule has 256 valence electrons. The normalized spacial score (nSPS) is 17.6. The third-order valence-corrected chi connectivity index (χ3v) is 8.04. The zero-order valence-corrected chi connectivity index (χ0v) is 27.1. The van der Waals surface area contributed by atoms with Gasteiger partial charge in [0.2, 0.25) is 29.5 Å². The van der Waals surface area contributed by atoms with Crippen molar-refractivity contribution in [3.63, 3.8) is 0 Å². The van der Waals surface area contributed by atoms with Gasteiger partial charge >= 0.3 is 5.97 Å². The van der Waals surface area contributed by atoms with Gasteiger partial charge in [0.05, 0.1) is 19.3 Å². The summed E-state index contributed by atoms with van der Waals surface area (Å²) in [7, 11) is 0. The van der Waals surface area contributed by atoms with Crippen molar-refractivity contribution in [1.82, 2.24) is 31.9 Å². The lowest BCUT2D eigenvalue weighted by atomic mass is 10.00. The summed E-state index contributed by atoms with van der Waals surface area (Å²) in [6.45, 7) is 2.32. The number of hydrogen-bond acceptors (Lipinski definition) is 10. The number of carbonyl (C=O) groups excluding carboxylic acids is 5. The fraction of sp³-hybridized carbons (Fsp3) is 0.600. The Morgan fingerprint density at radius 2 is 1.41 bits per heavy atom. The molecular weight excluding hydrogens is 620 g/mol. The van der Waals surface area contributed by atoms with E-state index in [0.717, 1.165) is 6.42 Å². The van der Waals surface area contributed by atoms with Crippen molar-refractivity contribution in [2.24, 2.45) is 5.92 Å². The summed E-state index contributed by atoms with van der Waals surface area (Å²) in [5.74, 6) is -4.80. The van der Waals surface area contributed by atoms with Crippen LogP contribution in [0.25, 0.3) is 0 Å². The quantitative estimate of drug-likeness (QED) is 0.0774. The minimum Gasteiger partial charge on any atom is -0.480 e. The molecule has 0 aromatic heterocycles. The maximum absolute atomic E-state index is 13.6. The minimum absolute atomic E-state index is 0.0217. The van der Waals surface area contributed by atoms with Crippen molar-refractivity contribution in [3.8, 4) is 0 Å². The van der Waals surface area contributed by atoms with E-state index in [1.54, 1.807) is 44.2 Å². The molecule has 1 aromatic rings. The SMILES string of the molecule is CSCC[C@H](NC(=O)[C@@H]1CCCN1)C(=O)N[C@H](C(=O)N[C@@H](Cc1ccccc1)C(=O)N[C@@H](CO)C(=O)N[C@@H](CO)C(=O)O)C(C)C. The van der Waals surface area contributed by atoms with Crippen molar-refractivity contribution >= 4 is 47.3 Å². The fourth-order valence-electron chi connectivity index (χ4n) is 4.72. The van der Waals surface area contributed by atoms with E-state index in [1.165, 1.54) is 11.8 Å². The van der Waals surface area contributed by atoms with Crippen LogP contribution in [0.3, 0.4) is 0 Å². The number of rotatable bonds is 19. The molecule has 1 saturated heterocycles. The number of carbonyl (C=O) groups is 6. The van der Waals surface area contributed by atoms with Crippen molar-refractivity contribution in [2.75, 3.05) is 31.8 Å². The number of aliphatic carboxylic acids is 1. The van der Waals surface area contributed by atoms with Crippen LogP contribution >= 0.6 is 11.8 Å². The molecule has 1 heterocycles. The molecule has 1 aliphatic heterocycles. The maximum Gasteiger partial charge on any atom is 0.328 e. The number of carboxylic acid groups (broad SMARTS) is 1. The Labute approximate surface area is 272 Å². The monoisotopic (exact) mass is 666 g/mol. The van der Waals surface area contributed by atoms with Crippen molar-refractivity contribution < 1.29 is 44.1 Å². The zero-order valence-electron chi connectivity index (χ0n) is 26.3. The van der Waals surface area contributed by atoms with Gasteiger partial charge < -0.3 is 47.2 Å². The van der Waals surface area contributed by atoms with Crippen LogP contribution in [-0.2, 0) is 35.2 Å². The molecule has 0 aliphatic carbocycles. The zero-order chi connectivity index (χ0) is 34.2. The first kappa shape index (κ1) is 38.5. The van der Waals surface area contributed by atoms with E-state index in [1.807, 2.05) is 11.6 Å². The molecule has 1 fully saturated rings. The van der Waals surface area contributed by atoms with Gasteiger partial charge in [0.15, 0.2) is 0 Å². The lowest BCUT2D eigenvalue weighted by molar-refractivity contribution is -0.143. The highest BCUT2D eigenvalue weighted by atomic mass is 32.2. The van der Waals surface area contributed by atoms with Crippen LogP contribution in [0.1, 0.15) is 38.7 Å². The molecule has 1 aromatic carbocycles. The molecule has 0 radical (unpaired) electrons. The van der Waals surface area contributed by atoms with E-state index < -0.39 is 85.0 Å². The van der Waals surface area contributed by atoms with E-state index in [9.17, 15) is 39.0 Å². The average molecular weight is 667 g/mol. The summed E-state index contributed by atoms with van der Waals surface area (Å²) in [6, 6.07) is 1.77. The topological polar surface area (TPSA) is 235 Å². The summed E-state index contributed by atoms with van der Waals surface area (Å²) >= 11 is 1.51. The highest BCUT2D eigenvalue weighted by molar-refractivity contribution is 7.98. The van der Waals surface area contributed by atoms with E-state index in [0.29, 0.717) is 30.7 Å². The molecule has 46 heavy (non-hydrogen) atoms. The van der Waals surface area contributed by atoms with Crippen LogP contribution < -0.4 is 31.9 Å². The Hall–Kier alpha value is -3.73. The van der Waals surface area contributed by atoms with Gasteiger partial charge in [0.25, 0.3) is 0 Å². The second-order valence-corrected chi connectivity index (χ2v) is 12.3. The lowest BCUT2D eigenvalue weighted by Gasteiger charge is -2.28. The molecule has 9 N–H and O–H groups in total. The number of aliphatic hydroxyl groups is 2. The average Bonchev–Trinajstić information content (AvgIpc) is 3.58. The van der Waals surface area contributed by atoms with Gasteiger partial charge in [-0.3, -0.25) is 24.0 Å². The van der Waals surface area contributed by atoms with Crippen molar-refractivity contribution in [3.05, 3.63) is 35.9 Å². The predicted molar refractivity (Wildman–Crippen MR) is 170 cm³/mol. The smallest absolute Gasteiger partial charge is 0.328 e. The molecule has 1 aliphatic rings. The summed E-state index contributed by atoms with van der Waals surface area (Å²) < 4.78 is 0. The van der Waals surface area contributed by atoms with E-state index >= 15 is 0 Å². The molecule has 0 spiro atoms. The number of benzene rings is 1. The third-order valence-electron chi connectivity index (χ3n) is 7.40. The lowest BCUT2D eigenvalue weighted by Crippen LogP contribution is -2.61. The number of hydrogen-bond donors (Lipinski definition) is 9. The molecule has 6 atom stereocenters. The molecular formula is C30H46N6O9S. The van der Waals surface area contributed by atoms with Gasteiger partial charge in [-0.05, 0) is 49.3 Å². The maximum atomic E-state index is 13.6. The molecule has 5 amide bonds. The first-order chi connectivity index (χ1) is 21.9. The second kappa shape index (κ2) is 19.7. The number of thioether (sulfide) groups is 1. The van der Waals surface area contributed by atoms with E-state index in [2.05, 4.69) is 26.6 Å². The second-order valence-electron chi connectivity index (χ2n) is 11.3. The van der Waals surface area contributed by atoms with Crippen molar-refractivity contribution in [2.45, 2.75) is 75.8 Å². The summed E-state index contributed by atoms with van der Waals surface area (Å²) in [5, 5.41) is 43.7. The first-order valence-electron chi connectivity index (χ1n) is 15.1. The van der Waals surface area contributed by atoms with Crippen LogP contribution in [0.5, 0.6) is 0 Å². The number of nitrogens with one attached hydrogen (secondary N) is 6. The van der Waals surface area contributed by atoms with Crippen LogP contribution in [-0.4, -0.2) is 119 Å². The van der Waals surface area contributed by atoms with Gasteiger partial charge in [-0.25, -0.2) is 4.79 Å². The molecule has 0 unspecified atom stereocenters. The van der Waals surface area contributed by atoms with Crippen LogP contribution in [0.4, 0.5) is 0 Å². The van der Waals surface area contributed by atoms with E-state index in [-0.39, 0.29) is 12.3 Å². The van der Waals surface area contributed by atoms with Gasteiger partial charge in [0, 0.05) is 6.42 Å². The standard InChI is InChI=1S/C30H46N6O9S/c1-17(2)24(36-26(40)20(11-13-46-3)32-25(39)19-10-7-12-31-19)29(43)33-21(14-18-8-5-4-6-9-18)27(41)34-22(15-37)28(42)35-23(16-38)30(44)45/h4-6,8-9,17,19-24,31,37-38H,7,10-16H2,1-3H3,(H,32,39)(H,33,43)(H,34,41)(H,35,42)(H,36,40)(H,44,45)/t19-,20-,21-,22-,23-,24-/m0/s1. The Balaban J connectivity index is 2.22. The Morgan fingerprint density at radius 1 is 0.826 bits per heavy atom. The highest BCUT2D eigenvalue weighted by Crippen LogP contribution is 2.10. The Bertz CT molecular complexity index is 1180. The molecule has 16 heteroatoms. The Morgan fingerprint density at radius 3 is 1.96 bits per heavy atom. The molecule has 0 saturated carbocycles. The molecule has 15 nitrogen and oxygen atoms in total. The van der Waals surface area contributed by atoms with Gasteiger partial charge in [-0.15, -0.1) is 0 Å². The highest BCUT2D eigenvalue weighted by Gasteiger charge is 2.34. The van der Waals surface area contributed by atoms with Crippen LogP contribution in [0.2, 0.25) is 0 Å². The van der Waals surface area contributed by atoms with Gasteiger partial charge in [-0.1, -0.05) is 44.2 Å². The predicted octanol–water partition coefficient (Wildman–Crippen LogP) is -2.12. The summed E-state index contributed by atoms with van der Waals surface area (Å²) in [4.78, 5) is 77.0. The fourth-order valence-corrected chi connectivity index (χ4v) is 5.19. The number of amides is 5. The minimum atomic E-state index is -1.66. The van der Waals surface area contributed by atoms with Crippen molar-refractivity contribution in [1.29, 1.82) is 0 Å². The van der Waals surface area contributed by atoms with Crippen LogP contribution in [0, 0.1) is 5.92 Å². The number of aliphatic hydroxyl groups excluding tert-OH is 2.